The molecule has 0 spiro atoms. The quantitative estimate of drug-likeness (QED) is 0.763. The fourth-order valence-corrected chi connectivity index (χ4v) is 2.41. The molecule has 20 heavy (non-hydrogen) atoms. The van der Waals surface area contributed by atoms with Crippen LogP contribution in [0, 0.1) is 0 Å². The number of hydrogen-bond acceptors (Lipinski definition) is 5. The second kappa shape index (κ2) is 5.50. The Morgan fingerprint density at radius 2 is 2.20 bits per heavy atom. The molecule has 1 aliphatic heterocycles. The van der Waals surface area contributed by atoms with Crippen molar-refractivity contribution in [2.75, 3.05) is 0 Å². The van der Waals surface area contributed by atoms with Gasteiger partial charge in [0.15, 0.2) is 5.78 Å². The lowest BCUT2D eigenvalue weighted by atomic mass is 9.92. The number of Topliss-reactive ketones (excluding diaryl/α,β-unsaturated/α-hetero) is 1. The zero-order chi connectivity index (χ0) is 14.9. The molecule has 6 heteroatoms. The third-order valence-electron chi connectivity index (χ3n) is 3.10. The van der Waals surface area contributed by atoms with Crippen molar-refractivity contribution in [1.29, 1.82) is 0 Å². The maximum absolute atomic E-state index is 12.2. The normalized spacial score (nSPS) is 19.1. The first-order chi connectivity index (χ1) is 9.36. The van der Waals surface area contributed by atoms with E-state index in [9.17, 15) is 19.8 Å². The second-order valence-corrected chi connectivity index (χ2v) is 5.00. The van der Waals surface area contributed by atoms with Crippen LogP contribution in [0.1, 0.15) is 35.7 Å². The van der Waals surface area contributed by atoms with Crippen molar-refractivity contribution >= 4 is 11.8 Å². The molecule has 0 fully saturated rings. The van der Waals surface area contributed by atoms with E-state index < -0.39 is 18.2 Å². The van der Waals surface area contributed by atoms with Crippen LogP contribution in [0.2, 0.25) is 0 Å². The standard InChI is InChI=1S/C14H16O6/c1-7(15)2-10-6-11(17)14-8(4-13(18)19)3-9(16)5-12(14)20-10/h3,5,7,10,15-16H,2,4,6H2,1H3,(H,18,19)/t7-,10-/m0/s1. The van der Waals surface area contributed by atoms with Crippen molar-refractivity contribution in [3.63, 3.8) is 0 Å². The molecule has 108 valence electrons. The fraction of sp³-hybridized carbons (Fsp3) is 0.429. The summed E-state index contributed by atoms with van der Waals surface area (Å²) in [7, 11) is 0. The smallest absolute Gasteiger partial charge is 0.307 e. The van der Waals surface area contributed by atoms with Gasteiger partial charge in [-0.3, -0.25) is 9.59 Å². The number of benzene rings is 1. The highest BCUT2D eigenvalue weighted by Gasteiger charge is 2.30. The second-order valence-electron chi connectivity index (χ2n) is 5.00. The molecule has 1 aliphatic rings. The number of carbonyl (C=O) groups is 2. The average molecular weight is 280 g/mol. The molecule has 1 heterocycles. The maximum Gasteiger partial charge on any atom is 0.307 e. The molecular formula is C14H16O6. The van der Waals surface area contributed by atoms with Crippen LogP contribution < -0.4 is 4.74 Å². The van der Waals surface area contributed by atoms with Crippen LogP contribution in [0.3, 0.4) is 0 Å². The number of carboxylic acids is 1. The first-order valence-corrected chi connectivity index (χ1v) is 6.32. The summed E-state index contributed by atoms with van der Waals surface area (Å²) in [5.41, 5.74) is 0.458. The zero-order valence-electron chi connectivity index (χ0n) is 11.0. The number of fused-ring (bicyclic) bond motifs is 1. The van der Waals surface area contributed by atoms with E-state index in [1.165, 1.54) is 12.1 Å². The predicted octanol–water partition coefficient (Wildman–Crippen LogP) is 1.12. The van der Waals surface area contributed by atoms with Crippen LogP contribution in [0.5, 0.6) is 11.5 Å². The van der Waals surface area contributed by atoms with Crippen LogP contribution in [0.15, 0.2) is 12.1 Å². The van der Waals surface area contributed by atoms with Gasteiger partial charge in [-0.05, 0) is 18.6 Å². The lowest BCUT2D eigenvalue weighted by molar-refractivity contribution is -0.136. The number of ketones is 1. The van der Waals surface area contributed by atoms with Gasteiger partial charge in [-0.1, -0.05) is 0 Å². The summed E-state index contributed by atoms with van der Waals surface area (Å²) in [6.45, 7) is 1.60. The lowest BCUT2D eigenvalue weighted by Crippen LogP contribution is -2.30. The van der Waals surface area contributed by atoms with Crippen molar-refractivity contribution in [1.82, 2.24) is 0 Å². The molecule has 1 aromatic rings. The molecule has 0 amide bonds. The highest BCUT2D eigenvalue weighted by atomic mass is 16.5. The van der Waals surface area contributed by atoms with Gasteiger partial charge in [0.25, 0.3) is 0 Å². The number of rotatable bonds is 4. The first kappa shape index (κ1) is 14.3. The number of carboxylic acid groups (broad SMARTS) is 1. The number of aliphatic hydroxyl groups excluding tert-OH is 1. The number of ether oxygens (including phenoxy) is 1. The molecule has 0 aromatic heterocycles. The molecule has 2 rings (SSSR count). The third kappa shape index (κ3) is 3.08. The molecule has 0 saturated heterocycles. The Hall–Kier alpha value is -2.08. The van der Waals surface area contributed by atoms with Gasteiger partial charge >= 0.3 is 5.97 Å². The largest absolute Gasteiger partial charge is 0.508 e. The van der Waals surface area contributed by atoms with Gasteiger partial charge in [0.1, 0.15) is 17.6 Å². The summed E-state index contributed by atoms with van der Waals surface area (Å²) in [6.07, 6.45) is -1.03. The van der Waals surface area contributed by atoms with E-state index in [1.54, 1.807) is 6.92 Å². The molecule has 0 saturated carbocycles. The lowest BCUT2D eigenvalue weighted by Gasteiger charge is -2.27. The summed E-state index contributed by atoms with van der Waals surface area (Å²) in [4.78, 5) is 23.0. The van der Waals surface area contributed by atoms with Gasteiger partial charge in [-0.2, -0.15) is 0 Å². The van der Waals surface area contributed by atoms with E-state index in [1.807, 2.05) is 0 Å². The Bertz CT molecular complexity index is 549. The van der Waals surface area contributed by atoms with E-state index in [0.29, 0.717) is 6.42 Å². The molecule has 0 radical (unpaired) electrons. The van der Waals surface area contributed by atoms with Crippen LogP contribution >= 0.6 is 0 Å². The predicted molar refractivity (Wildman–Crippen MR) is 69.1 cm³/mol. The number of hydrogen-bond donors (Lipinski definition) is 3. The summed E-state index contributed by atoms with van der Waals surface area (Å²) in [5.74, 6) is -1.28. The van der Waals surface area contributed by atoms with Gasteiger partial charge in [0.05, 0.1) is 18.1 Å². The Morgan fingerprint density at radius 3 is 2.80 bits per heavy atom. The van der Waals surface area contributed by atoms with Gasteiger partial charge in [0, 0.05) is 18.9 Å². The molecule has 0 unspecified atom stereocenters. The van der Waals surface area contributed by atoms with Crippen molar-refractivity contribution in [2.24, 2.45) is 0 Å². The van der Waals surface area contributed by atoms with Crippen molar-refractivity contribution in [3.8, 4) is 11.5 Å². The van der Waals surface area contributed by atoms with Gasteiger partial charge in [0.2, 0.25) is 0 Å². The zero-order valence-corrected chi connectivity index (χ0v) is 11.0. The number of phenols is 1. The van der Waals surface area contributed by atoms with E-state index in [4.69, 9.17) is 9.84 Å². The van der Waals surface area contributed by atoms with Crippen LogP contribution in [0.4, 0.5) is 0 Å². The highest BCUT2D eigenvalue weighted by molar-refractivity contribution is 6.02. The van der Waals surface area contributed by atoms with Crippen LogP contribution in [-0.2, 0) is 11.2 Å². The molecule has 2 atom stereocenters. The summed E-state index contributed by atoms with van der Waals surface area (Å²) >= 11 is 0. The average Bonchev–Trinajstić information content (AvgIpc) is 2.24. The van der Waals surface area contributed by atoms with Gasteiger partial charge in [-0.15, -0.1) is 0 Å². The highest BCUT2D eigenvalue weighted by Crippen LogP contribution is 2.35. The third-order valence-corrected chi connectivity index (χ3v) is 3.10. The minimum atomic E-state index is -1.09. The van der Waals surface area contributed by atoms with Crippen LogP contribution in [-0.4, -0.2) is 39.3 Å². The topological polar surface area (TPSA) is 104 Å². The Kier molecular flexibility index (Phi) is 3.94. The van der Waals surface area contributed by atoms with Gasteiger partial charge in [-0.25, -0.2) is 0 Å². The fourth-order valence-electron chi connectivity index (χ4n) is 2.41. The summed E-state index contributed by atoms with van der Waals surface area (Å²) in [6, 6.07) is 2.57. The van der Waals surface area contributed by atoms with Crippen molar-refractivity contribution in [3.05, 3.63) is 23.3 Å². The maximum atomic E-state index is 12.2. The number of aromatic hydroxyl groups is 1. The number of aliphatic carboxylic acids is 1. The molecule has 0 aliphatic carbocycles. The Balaban J connectivity index is 2.37. The summed E-state index contributed by atoms with van der Waals surface area (Å²) < 4.78 is 5.58. The SMILES string of the molecule is C[C@H](O)C[C@H]1CC(=O)c2c(CC(=O)O)cc(O)cc2O1. The molecule has 3 N–H and O–H groups in total. The Morgan fingerprint density at radius 1 is 1.50 bits per heavy atom. The molecule has 1 aromatic carbocycles. The minimum Gasteiger partial charge on any atom is -0.508 e. The van der Waals surface area contributed by atoms with E-state index in [0.717, 1.165) is 0 Å². The number of carbonyl (C=O) groups excluding carboxylic acids is 1. The van der Waals surface area contributed by atoms with Crippen molar-refractivity contribution < 1.29 is 29.6 Å². The Labute approximate surface area is 115 Å². The summed E-state index contributed by atoms with van der Waals surface area (Å²) in [5, 5.41) is 27.8. The van der Waals surface area contributed by atoms with E-state index >= 15 is 0 Å². The number of phenolic OH excluding ortho intramolecular Hbond substituents is 1. The molecule has 6 nitrogen and oxygen atoms in total. The van der Waals surface area contributed by atoms with E-state index in [-0.39, 0.29) is 41.3 Å². The molecular weight excluding hydrogens is 264 g/mol. The van der Waals surface area contributed by atoms with Crippen LogP contribution in [0.25, 0.3) is 0 Å². The molecule has 0 bridgehead atoms. The number of aliphatic hydroxyl groups is 1. The first-order valence-electron chi connectivity index (χ1n) is 6.32. The van der Waals surface area contributed by atoms with Gasteiger partial charge < -0.3 is 20.1 Å². The monoisotopic (exact) mass is 280 g/mol. The van der Waals surface area contributed by atoms with Crippen molar-refractivity contribution in [2.45, 2.75) is 38.4 Å². The van der Waals surface area contributed by atoms with E-state index in [2.05, 4.69) is 0 Å². The minimum absolute atomic E-state index is 0.0926.